The molecule has 10 nitrogen and oxygen atoms in total. The molecule has 0 spiro atoms. The van der Waals surface area contributed by atoms with E-state index in [1.54, 1.807) is 31.4 Å². The van der Waals surface area contributed by atoms with Gasteiger partial charge in [-0.1, -0.05) is 6.07 Å². The third kappa shape index (κ3) is 4.76. The Kier molecular flexibility index (Phi) is 5.89. The van der Waals surface area contributed by atoms with Crippen LogP contribution in [0.3, 0.4) is 0 Å². The van der Waals surface area contributed by atoms with Crippen LogP contribution in [0.4, 0.5) is 5.69 Å². The van der Waals surface area contributed by atoms with E-state index in [-0.39, 0.29) is 29.6 Å². The van der Waals surface area contributed by atoms with Crippen LogP contribution in [-0.2, 0) is 28.4 Å². The van der Waals surface area contributed by atoms with E-state index in [2.05, 4.69) is 20.1 Å². The topological polar surface area (TPSA) is 128 Å². The summed E-state index contributed by atoms with van der Waals surface area (Å²) in [6.45, 7) is 1.40. The van der Waals surface area contributed by atoms with Crippen molar-refractivity contribution in [3.05, 3.63) is 59.1 Å². The van der Waals surface area contributed by atoms with Crippen LogP contribution in [0.15, 0.2) is 58.4 Å². The highest BCUT2D eigenvalue weighted by atomic mass is 32.2. The smallest absolute Gasteiger partial charge is 0.326 e. The molecule has 0 aliphatic heterocycles. The lowest BCUT2D eigenvalue weighted by Gasteiger charge is -2.08. The lowest BCUT2D eigenvalue weighted by Crippen LogP contribution is -2.31. The maximum Gasteiger partial charge on any atom is 0.346 e. The number of pyridine rings is 1. The second-order valence-electron chi connectivity index (χ2n) is 6.21. The molecular formula is C18H20N6O4S. The minimum atomic E-state index is -3.77. The average Bonchev–Trinajstić information content (AvgIpc) is 2.97. The Morgan fingerprint density at radius 2 is 1.86 bits per heavy atom. The van der Waals surface area contributed by atoms with Gasteiger partial charge in [0.15, 0.2) is 5.82 Å². The Morgan fingerprint density at radius 3 is 2.48 bits per heavy atom. The number of nitrogens with one attached hydrogen (secondary N) is 2. The van der Waals surface area contributed by atoms with Crippen LogP contribution >= 0.6 is 0 Å². The van der Waals surface area contributed by atoms with Gasteiger partial charge < -0.3 is 5.32 Å². The fraction of sp³-hybridized carbons (Fsp3) is 0.222. The fourth-order valence-electron chi connectivity index (χ4n) is 2.64. The summed E-state index contributed by atoms with van der Waals surface area (Å²) in [6.07, 6.45) is 1.60. The Bertz CT molecular complexity index is 1170. The van der Waals surface area contributed by atoms with Crippen molar-refractivity contribution < 1.29 is 13.2 Å². The van der Waals surface area contributed by atoms with Crippen molar-refractivity contribution in [2.75, 3.05) is 11.9 Å². The van der Waals surface area contributed by atoms with Gasteiger partial charge in [0.25, 0.3) is 0 Å². The number of nitrogens with zero attached hydrogens (tertiary/aromatic N) is 4. The minimum Gasteiger partial charge on any atom is -0.326 e. The molecule has 0 aliphatic rings. The molecule has 0 aliphatic carbocycles. The van der Waals surface area contributed by atoms with Crippen molar-refractivity contribution in [1.29, 1.82) is 0 Å². The first-order valence-corrected chi connectivity index (χ1v) is 10.2. The van der Waals surface area contributed by atoms with Crippen LogP contribution in [-0.4, -0.2) is 40.2 Å². The summed E-state index contributed by atoms with van der Waals surface area (Å²) in [7, 11) is -2.19. The Balaban J connectivity index is 1.68. The monoisotopic (exact) mass is 416 g/mol. The van der Waals surface area contributed by atoms with Crippen molar-refractivity contribution >= 4 is 21.6 Å². The van der Waals surface area contributed by atoms with Crippen molar-refractivity contribution in [2.45, 2.75) is 18.4 Å². The number of rotatable bonds is 7. The highest BCUT2D eigenvalue weighted by Crippen LogP contribution is 2.14. The summed E-state index contributed by atoms with van der Waals surface area (Å²) in [5, 5.41) is 6.81. The molecule has 1 amide bonds. The van der Waals surface area contributed by atoms with E-state index in [9.17, 15) is 18.0 Å². The van der Waals surface area contributed by atoms with Gasteiger partial charge in [-0.2, -0.15) is 0 Å². The van der Waals surface area contributed by atoms with E-state index in [0.717, 1.165) is 0 Å². The van der Waals surface area contributed by atoms with Gasteiger partial charge in [0.1, 0.15) is 5.69 Å². The number of carbonyl (C=O) groups excluding carboxylic acids is 1. The molecule has 0 bridgehead atoms. The molecule has 152 valence electrons. The Morgan fingerprint density at radius 1 is 1.14 bits per heavy atom. The normalized spacial score (nSPS) is 11.4. The molecule has 3 aromatic rings. The van der Waals surface area contributed by atoms with E-state index in [1.165, 1.54) is 40.4 Å². The number of sulfonamides is 1. The van der Waals surface area contributed by atoms with Gasteiger partial charge in [0, 0.05) is 32.4 Å². The summed E-state index contributed by atoms with van der Waals surface area (Å²) < 4.78 is 29.8. The molecule has 0 saturated heterocycles. The Hall–Kier alpha value is -3.31. The van der Waals surface area contributed by atoms with Crippen molar-refractivity contribution in [2.24, 2.45) is 7.05 Å². The van der Waals surface area contributed by atoms with E-state index >= 15 is 0 Å². The van der Waals surface area contributed by atoms with Crippen LogP contribution in [0.25, 0.3) is 11.5 Å². The molecule has 29 heavy (non-hydrogen) atoms. The second kappa shape index (κ2) is 8.37. The first-order valence-electron chi connectivity index (χ1n) is 8.70. The highest BCUT2D eigenvalue weighted by Gasteiger charge is 2.16. The summed E-state index contributed by atoms with van der Waals surface area (Å²) >= 11 is 0. The summed E-state index contributed by atoms with van der Waals surface area (Å²) in [5.74, 6) is 0.150. The van der Waals surface area contributed by atoms with Crippen LogP contribution in [0.5, 0.6) is 0 Å². The summed E-state index contributed by atoms with van der Waals surface area (Å²) in [4.78, 5) is 27.6. The van der Waals surface area contributed by atoms with Gasteiger partial charge >= 0.3 is 5.69 Å². The van der Waals surface area contributed by atoms with Crippen LogP contribution in [0.2, 0.25) is 0 Å². The molecular weight excluding hydrogens is 396 g/mol. The van der Waals surface area contributed by atoms with Crippen LogP contribution in [0, 0.1) is 0 Å². The molecule has 0 atom stereocenters. The minimum absolute atomic E-state index is 0.0195. The molecule has 3 rings (SSSR count). The van der Waals surface area contributed by atoms with Gasteiger partial charge in [-0.15, -0.1) is 5.10 Å². The molecule has 0 fully saturated rings. The zero-order chi connectivity index (χ0) is 21.0. The van der Waals surface area contributed by atoms with Gasteiger partial charge in [-0.25, -0.2) is 22.6 Å². The number of carbonyl (C=O) groups is 1. The maximum absolute atomic E-state index is 12.4. The van der Waals surface area contributed by atoms with E-state index in [1.807, 2.05) is 0 Å². The zero-order valence-electron chi connectivity index (χ0n) is 15.9. The first kappa shape index (κ1) is 20.4. The van der Waals surface area contributed by atoms with Gasteiger partial charge in [0.2, 0.25) is 15.9 Å². The number of aromatic nitrogens is 4. The largest absolute Gasteiger partial charge is 0.346 e. The van der Waals surface area contributed by atoms with Crippen LogP contribution in [0.1, 0.15) is 6.92 Å². The predicted molar refractivity (Wildman–Crippen MR) is 107 cm³/mol. The van der Waals surface area contributed by atoms with Crippen LogP contribution < -0.4 is 15.7 Å². The molecule has 0 unspecified atom stereocenters. The van der Waals surface area contributed by atoms with Gasteiger partial charge in [-0.05, 0) is 36.4 Å². The third-order valence-electron chi connectivity index (χ3n) is 4.04. The summed E-state index contributed by atoms with van der Waals surface area (Å²) in [6, 6.07) is 11.1. The van der Waals surface area contributed by atoms with Gasteiger partial charge in [-0.3, -0.25) is 14.3 Å². The predicted octanol–water partition coefficient (Wildman–Crippen LogP) is 0.581. The number of hydrogen-bond acceptors (Lipinski definition) is 6. The average molecular weight is 416 g/mol. The zero-order valence-corrected chi connectivity index (χ0v) is 16.7. The maximum atomic E-state index is 12.4. The van der Waals surface area contributed by atoms with E-state index in [4.69, 9.17) is 0 Å². The number of amides is 1. The summed E-state index contributed by atoms with van der Waals surface area (Å²) in [5.41, 5.74) is 0.675. The fourth-order valence-corrected chi connectivity index (χ4v) is 3.66. The standard InChI is InChI=1S/C18H20N6O4S/c1-13(25)21-14-6-8-15(9-7-14)29(27,28)20-11-12-24-18(26)23(2)17(22-24)16-5-3-4-10-19-16/h3-10,20H,11-12H2,1-2H3,(H,21,25). The second-order valence-corrected chi connectivity index (χ2v) is 7.97. The van der Waals surface area contributed by atoms with Gasteiger partial charge in [0.05, 0.1) is 11.4 Å². The Labute approximate surface area is 167 Å². The third-order valence-corrected chi connectivity index (χ3v) is 5.51. The molecule has 1 aromatic carbocycles. The number of benzene rings is 1. The highest BCUT2D eigenvalue weighted by molar-refractivity contribution is 7.89. The first-order chi connectivity index (χ1) is 13.8. The molecule has 2 N–H and O–H groups in total. The van der Waals surface area contributed by atoms with E-state index in [0.29, 0.717) is 17.2 Å². The lowest BCUT2D eigenvalue weighted by molar-refractivity contribution is -0.114. The molecule has 0 radical (unpaired) electrons. The van der Waals surface area contributed by atoms with Crippen molar-refractivity contribution in [3.63, 3.8) is 0 Å². The number of hydrogen-bond donors (Lipinski definition) is 2. The molecule has 2 heterocycles. The SMILES string of the molecule is CC(=O)Nc1ccc(S(=O)(=O)NCCn2nc(-c3ccccn3)n(C)c2=O)cc1. The molecule has 0 saturated carbocycles. The quantitative estimate of drug-likeness (QED) is 0.580. The van der Waals surface area contributed by atoms with E-state index < -0.39 is 10.0 Å². The van der Waals surface area contributed by atoms with Crippen molar-refractivity contribution in [1.82, 2.24) is 24.1 Å². The molecule has 2 aromatic heterocycles. The number of anilines is 1. The van der Waals surface area contributed by atoms with Crippen molar-refractivity contribution in [3.8, 4) is 11.5 Å². The lowest BCUT2D eigenvalue weighted by atomic mass is 10.3. The molecule has 11 heteroatoms.